The number of halogens is 2. The van der Waals surface area contributed by atoms with Crippen molar-refractivity contribution in [3.05, 3.63) is 95.1 Å². The molecule has 6 nitrogen and oxygen atoms in total. The van der Waals surface area contributed by atoms with E-state index in [4.69, 9.17) is 10.3 Å². The lowest BCUT2D eigenvalue weighted by atomic mass is 9.78. The average Bonchev–Trinajstić information content (AvgIpc) is 3.15. The van der Waals surface area contributed by atoms with Crippen LogP contribution in [-0.4, -0.2) is 33.6 Å². The third kappa shape index (κ3) is 3.22. The second kappa shape index (κ2) is 7.37. The standard InChI is InChI=1S/C21H15F2N5O/c22-15-5-1-13(2-6-15)21(14-3-7-16(23)8-4-14)18(12-29)27-20(28-21)19-25-10-9-17(11-24)26-19/h1-10,18,29H,12H2,(H,27,28)/t18-/m0/s1. The molecule has 3 aromatic rings. The first-order valence-electron chi connectivity index (χ1n) is 8.79. The lowest BCUT2D eigenvalue weighted by molar-refractivity contribution is 0.221. The molecule has 0 aliphatic carbocycles. The second-order valence-electron chi connectivity index (χ2n) is 6.50. The van der Waals surface area contributed by atoms with Gasteiger partial charge in [0, 0.05) is 6.20 Å². The Morgan fingerprint density at radius 2 is 1.59 bits per heavy atom. The number of hydrogen-bond acceptors (Lipinski definition) is 6. The van der Waals surface area contributed by atoms with Crippen molar-refractivity contribution in [1.82, 2.24) is 15.3 Å². The largest absolute Gasteiger partial charge is 0.394 e. The van der Waals surface area contributed by atoms with Crippen LogP contribution in [0.1, 0.15) is 22.6 Å². The minimum Gasteiger partial charge on any atom is -0.394 e. The maximum Gasteiger partial charge on any atom is 0.196 e. The van der Waals surface area contributed by atoms with Gasteiger partial charge in [0.2, 0.25) is 0 Å². The number of aromatic nitrogens is 2. The molecular formula is C21H15F2N5O. The van der Waals surface area contributed by atoms with E-state index in [1.165, 1.54) is 36.5 Å². The first kappa shape index (κ1) is 18.7. The van der Waals surface area contributed by atoms with Gasteiger partial charge in [-0.3, -0.25) is 0 Å². The summed E-state index contributed by atoms with van der Waals surface area (Å²) in [6.45, 7) is -0.320. The monoisotopic (exact) mass is 391 g/mol. The SMILES string of the molecule is N#Cc1ccnc(C2=NC(c3ccc(F)cc3)(c3ccc(F)cc3)[C@H](CO)N2)n1. The number of aliphatic hydroxyl groups is 1. The van der Waals surface area contributed by atoms with Gasteiger partial charge in [-0.15, -0.1) is 0 Å². The first-order chi connectivity index (χ1) is 14.1. The topological polar surface area (TPSA) is 94.2 Å². The van der Waals surface area contributed by atoms with Gasteiger partial charge >= 0.3 is 0 Å². The number of aliphatic hydroxyl groups excluding tert-OH is 1. The number of aliphatic imine (C=N–C) groups is 1. The molecule has 0 fully saturated rings. The summed E-state index contributed by atoms with van der Waals surface area (Å²) < 4.78 is 27.1. The highest BCUT2D eigenvalue weighted by Gasteiger charge is 2.47. The molecule has 0 spiro atoms. The number of nitriles is 1. The fourth-order valence-electron chi connectivity index (χ4n) is 3.49. The van der Waals surface area contributed by atoms with Crippen molar-refractivity contribution < 1.29 is 13.9 Å². The minimum absolute atomic E-state index is 0.168. The summed E-state index contributed by atoms with van der Waals surface area (Å²) in [5.41, 5.74) is 0.199. The average molecular weight is 391 g/mol. The Balaban J connectivity index is 1.94. The fourth-order valence-corrected chi connectivity index (χ4v) is 3.49. The van der Waals surface area contributed by atoms with Crippen molar-refractivity contribution in [1.29, 1.82) is 5.26 Å². The van der Waals surface area contributed by atoms with Gasteiger partial charge in [-0.2, -0.15) is 5.26 Å². The van der Waals surface area contributed by atoms with E-state index < -0.39 is 23.2 Å². The maximum atomic E-state index is 13.6. The first-order valence-corrected chi connectivity index (χ1v) is 8.79. The molecule has 2 heterocycles. The van der Waals surface area contributed by atoms with Crippen molar-refractivity contribution in [3.8, 4) is 6.07 Å². The van der Waals surface area contributed by atoms with E-state index >= 15 is 0 Å². The molecule has 2 aromatic carbocycles. The van der Waals surface area contributed by atoms with Crippen LogP contribution < -0.4 is 5.32 Å². The van der Waals surface area contributed by atoms with Gasteiger partial charge in [0.15, 0.2) is 11.7 Å². The zero-order valence-electron chi connectivity index (χ0n) is 15.0. The van der Waals surface area contributed by atoms with Crippen molar-refractivity contribution in [2.24, 2.45) is 4.99 Å². The summed E-state index contributed by atoms with van der Waals surface area (Å²) in [6.07, 6.45) is 1.44. The Labute approximate surface area is 165 Å². The third-order valence-corrected chi connectivity index (χ3v) is 4.84. The molecule has 1 aromatic heterocycles. The van der Waals surface area contributed by atoms with Crippen LogP contribution in [0.2, 0.25) is 0 Å². The molecule has 8 heteroatoms. The molecule has 29 heavy (non-hydrogen) atoms. The zero-order chi connectivity index (χ0) is 20.4. The van der Waals surface area contributed by atoms with Crippen molar-refractivity contribution >= 4 is 5.84 Å². The number of amidine groups is 1. The Kier molecular flexibility index (Phi) is 4.74. The molecule has 0 saturated carbocycles. The van der Waals surface area contributed by atoms with Crippen LogP contribution in [0.3, 0.4) is 0 Å². The summed E-state index contributed by atoms with van der Waals surface area (Å²) in [5, 5.41) is 22.3. The molecule has 0 amide bonds. The Morgan fingerprint density at radius 3 is 2.10 bits per heavy atom. The van der Waals surface area contributed by atoms with Gasteiger partial charge in [0.1, 0.15) is 28.9 Å². The van der Waals surface area contributed by atoms with E-state index in [2.05, 4.69) is 15.3 Å². The molecule has 2 N–H and O–H groups in total. The van der Waals surface area contributed by atoms with E-state index in [1.54, 1.807) is 24.3 Å². The van der Waals surface area contributed by atoms with Gasteiger partial charge in [0.05, 0.1) is 12.6 Å². The van der Waals surface area contributed by atoms with Crippen LogP contribution in [0.25, 0.3) is 0 Å². The number of hydrogen-bond donors (Lipinski definition) is 2. The summed E-state index contributed by atoms with van der Waals surface area (Å²) in [6, 6.07) is 14.3. The number of nitrogens with one attached hydrogen (secondary N) is 1. The van der Waals surface area contributed by atoms with Crippen LogP contribution in [0.5, 0.6) is 0 Å². The number of nitrogens with zero attached hydrogens (tertiary/aromatic N) is 4. The second-order valence-corrected chi connectivity index (χ2v) is 6.50. The van der Waals surface area contributed by atoms with E-state index in [0.29, 0.717) is 11.1 Å². The molecule has 144 valence electrons. The van der Waals surface area contributed by atoms with Gasteiger partial charge in [-0.25, -0.2) is 23.7 Å². The fraction of sp³-hybridized carbons (Fsp3) is 0.143. The van der Waals surface area contributed by atoms with Gasteiger partial charge in [-0.05, 0) is 41.5 Å². The van der Waals surface area contributed by atoms with Crippen LogP contribution in [-0.2, 0) is 5.54 Å². The molecule has 0 unspecified atom stereocenters. The summed E-state index contributed by atoms with van der Waals surface area (Å²) in [5.74, 6) is -0.365. The van der Waals surface area contributed by atoms with Crippen LogP contribution in [0.15, 0.2) is 65.8 Å². The molecule has 0 bridgehead atoms. The summed E-state index contributed by atoms with van der Waals surface area (Å²) in [7, 11) is 0. The molecule has 1 atom stereocenters. The predicted molar refractivity (Wildman–Crippen MR) is 101 cm³/mol. The molecule has 1 aliphatic rings. The lowest BCUT2D eigenvalue weighted by Crippen LogP contribution is -2.46. The van der Waals surface area contributed by atoms with Crippen molar-refractivity contribution in [2.45, 2.75) is 11.6 Å². The van der Waals surface area contributed by atoms with Crippen LogP contribution in [0, 0.1) is 23.0 Å². The van der Waals surface area contributed by atoms with Gasteiger partial charge in [0.25, 0.3) is 0 Å². The summed E-state index contributed by atoms with van der Waals surface area (Å²) >= 11 is 0. The van der Waals surface area contributed by atoms with E-state index in [9.17, 15) is 13.9 Å². The molecule has 4 rings (SSSR count). The van der Waals surface area contributed by atoms with Crippen LogP contribution in [0.4, 0.5) is 8.78 Å². The zero-order valence-corrected chi connectivity index (χ0v) is 15.0. The number of rotatable bonds is 4. The van der Waals surface area contributed by atoms with Gasteiger partial charge < -0.3 is 10.4 Å². The highest BCUT2D eigenvalue weighted by Crippen LogP contribution is 2.40. The minimum atomic E-state index is -1.17. The Bertz CT molecular complexity index is 1060. The van der Waals surface area contributed by atoms with Crippen molar-refractivity contribution in [3.63, 3.8) is 0 Å². The third-order valence-electron chi connectivity index (χ3n) is 4.84. The molecule has 0 saturated heterocycles. The Hall–Kier alpha value is -3.70. The smallest absolute Gasteiger partial charge is 0.196 e. The molecular weight excluding hydrogens is 376 g/mol. The molecule has 0 radical (unpaired) electrons. The highest BCUT2D eigenvalue weighted by molar-refractivity contribution is 5.98. The van der Waals surface area contributed by atoms with E-state index in [0.717, 1.165) is 0 Å². The predicted octanol–water partition coefficient (Wildman–Crippen LogP) is 2.28. The van der Waals surface area contributed by atoms with Crippen LogP contribution >= 0.6 is 0 Å². The maximum absolute atomic E-state index is 13.6. The quantitative estimate of drug-likeness (QED) is 0.712. The van der Waals surface area contributed by atoms with E-state index in [1.807, 2.05) is 6.07 Å². The lowest BCUT2D eigenvalue weighted by Gasteiger charge is -2.33. The highest BCUT2D eigenvalue weighted by atomic mass is 19.1. The Morgan fingerprint density at radius 1 is 1.00 bits per heavy atom. The van der Waals surface area contributed by atoms with Gasteiger partial charge in [-0.1, -0.05) is 24.3 Å². The van der Waals surface area contributed by atoms with Crippen molar-refractivity contribution in [2.75, 3.05) is 6.61 Å². The van der Waals surface area contributed by atoms with E-state index in [-0.39, 0.29) is 24.0 Å². The number of benzene rings is 2. The molecule has 1 aliphatic heterocycles. The normalized spacial score (nSPS) is 17.3. The summed E-state index contributed by atoms with van der Waals surface area (Å²) in [4.78, 5) is 13.1.